The Morgan fingerprint density at radius 3 is 1.82 bits per heavy atom. The van der Waals surface area contributed by atoms with Crippen molar-refractivity contribution < 1.29 is 19.4 Å². The van der Waals surface area contributed by atoms with Crippen LogP contribution in [0.15, 0.2) is 0 Å². The topological polar surface area (TPSA) is 70.1 Å². The van der Waals surface area contributed by atoms with Gasteiger partial charge in [-0.05, 0) is 58.8 Å². The zero-order valence-corrected chi connectivity index (χ0v) is 13.5. The SMILES string of the molecule is CCOC(=O)C1CCN(CCN2CCC(C(=O)O)CC2)CC1. The van der Waals surface area contributed by atoms with E-state index in [1.807, 2.05) is 6.92 Å². The number of carbonyl (C=O) groups excluding carboxylic acids is 1. The molecule has 2 rings (SSSR count). The number of likely N-dealkylation sites (tertiary alicyclic amines) is 2. The second-order valence-corrected chi connectivity index (χ2v) is 6.32. The molecule has 0 saturated carbocycles. The van der Waals surface area contributed by atoms with Crippen LogP contribution in [0, 0.1) is 11.8 Å². The lowest BCUT2D eigenvalue weighted by Gasteiger charge is -2.34. The van der Waals surface area contributed by atoms with E-state index in [9.17, 15) is 9.59 Å². The van der Waals surface area contributed by atoms with E-state index >= 15 is 0 Å². The minimum Gasteiger partial charge on any atom is -0.481 e. The van der Waals surface area contributed by atoms with Gasteiger partial charge in [-0.2, -0.15) is 0 Å². The molecule has 0 aliphatic carbocycles. The Kier molecular flexibility index (Phi) is 6.64. The van der Waals surface area contributed by atoms with Gasteiger partial charge in [0.1, 0.15) is 0 Å². The Morgan fingerprint density at radius 2 is 1.41 bits per heavy atom. The molecule has 6 heteroatoms. The Balaban J connectivity index is 1.61. The summed E-state index contributed by atoms with van der Waals surface area (Å²) < 4.78 is 5.09. The van der Waals surface area contributed by atoms with Gasteiger partial charge in [-0.15, -0.1) is 0 Å². The third kappa shape index (κ3) is 4.95. The molecule has 126 valence electrons. The van der Waals surface area contributed by atoms with Gasteiger partial charge in [0.15, 0.2) is 0 Å². The molecule has 0 aromatic heterocycles. The van der Waals surface area contributed by atoms with E-state index in [1.54, 1.807) is 0 Å². The van der Waals surface area contributed by atoms with Crippen molar-refractivity contribution in [2.24, 2.45) is 11.8 Å². The van der Waals surface area contributed by atoms with Gasteiger partial charge in [-0.1, -0.05) is 0 Å². The molecule has 2 aliphatic heterocycles. The summed E-state index contributed by atoms with van der Waals surface area (Å²) in [6, 6.07) is 0. The summed E-state index contributed by atoms with van der Waals surface area (Å²) in [6.45, 7) is 7.99. The first-order valence-electron chi connectivity index (χ1n) is 8.44. The minimum atomic E-state index is -0.652. The van der Waals surface area contributed by atoms with Gasteiger partial charge < -0.3 is 19.6 Å². The molecule has 6 nitrogen and oxygen atoms in total. The number of aliphatic carboxylic acids is 1. The molecule has 0 unspecified atom stereocenters. The average molecular weight is 312 g/mol. The predicted molar refractivity (Wildman–Crippen MR) is 82.6 cm³/mol. The van der Waals surface area contributed by atoms with E-state index in [2.05, 4.69) is 9.80 Å². The predicted octanol–water partition coefficient (Wildman–Crippen LogP) is 1.06. The van der Waals surface area contributed by atoms with E-state index in [1.165, 1.54) is 0 Å². The van der Waals surface area contributed by atoms with Crippen molar-refractivity contribution in [2.45, 2.75) is 32.6 Å². The fourth-order valence-electron chi connectivity index (χ4n) is 3.34. The third-order valence-electron chi connectivity index (χ3n) is 4.88. The van der Waals surface area contributed by atoms with Gasteiger partial charge in [0.05, 0.1) is 18.4 Å². The van der Waals surface area contributed by atoms with Crippen molar-refractivity contribution in [3.8, 4) is 0 Å². The standard InChI is InChI=1S/C16H28N2O4/c1-2-22-16(21)14-5-9-18(10-6-14)12-11-17-7-3-13(4-8-17)15(19)20/h13-14H,2-12H2,1H3,(H,19,20). The normalized spacial score (nSPS) is 22.6. The summed E-state index contributed by atoms with van der Waals surface area (Å²) in [5.41, 5.74) is 0. The smallest absolute Gasteiger partial charge is 0.309 e. The van der Waals surface area contributed by atoms with Gasteiger partial charge in [0.2, 0.25) is 0 Å². The van der Waals surface area contributed by atoms with E-state index < -0.39 is 5.97 Å². The second-order valence-electron chi connectivity index (χ2n) is 6.32. The number of hydrogen-bond donors (Lipinski definition) is 1. The summed E-state index contributed by atoms with van der Waals surface area (Å²) in [7, 11) is 0. The number of hydrogen-bond acceptors (Lipinski definition) is 5. The highest BCUT2D eigenvalue weighted by molar-refractivity contribution is 5.72. The van der Waals surface area contributed by atoms with Crippen molar-refractivity contribution in [1.82, 2.24) is 9.80 Å². The van der Waals surface area contributed by atoms with E-state index in [-0.39, 0.29) is 17.8 Å². The van der Waals surface area contributed by atoms with Crippen molar-refractivity contribution in [2.75, 3.05) is 45.9 Å². The van der Waals surface area contributed by atoms with Crippen molar-refractivity contribution in [3.05, 3.63) is 0 Å². The van der Waals surface area contributed by atoms with Crippen LogP contribution in [-0.4, -0.2) is 72.7 Å². The number of piperidine rings is 2. The van der Waals surface area contributed by atoms with Crippen molar-refractivity contribution in [1.29, 1.82) is 0 Å². The lowest BCUT2D eigenvalue weighted by atomic mass is 9.96. The van der Waals surface area contributed by atoms with Crippen LogP contribution in [0.2, 0.25) is 0 Å². The molecular weight excluding hydrogens is 284 g/mol. The largest absolute Gasteiger partial charge is 0.481 e. The maximum absolute atomic E-state index is 11.7. The molecule has 0 radical (unpaired) electrons. The molecule has 2 aliphatic rings. The van der Waals surface area contributed by atoms with E-state index in [0.29, 0.717) is 6.61 Å². The molecule has 0 aromatic rings. The summed E-state index contributed by atoms with van der Waals surface area (Å²) in [5.74, 6) is -0.780. The number of carboxylic acids is 1. The molecule has 2 saturated heterocycles. The number of carboxylic acid groups (broad SMARTS) is 1. The number of nitrogens with zero attached hydrogens (tertiary/aromatic N) is 2. The van der Waals surface area contributed by atoms with Crippen LogP contribution < -0.4 is 0 Å². The lowest BCUT2D eigenvalue weighted by Crippen LogP contribution is -2.43. The van der Waals surface area contributed by atoms with Gasteiger partial charge >= 0.3 is 11.9 Å². The lowest BCUT2D eigenvalue weighted by molar-refractivity contribution is -0.149. The maximum Gasteiger partial charge on any atom is 0.309 e. The van der Waals surface area contributed by atoms with Gasteiger partial charge in [-0.25, -0.2) is 0 Å². The first kappa shape index (κ1) is 17.2. The van der Waals surface area contributed by atoms with Crippen LogP contribution in [-0.2, 0) is 14.3 Å². The Bertz CT molecular complexity index is 372. The van der Waals surface area contributed by atoms with Crippen LogP contribution in [0.3, 0.4) is 0 Å². The van der Waals surface area contributed by atoms with Gasteiger partial charge in [-0.3, -0.25) is 9.59 Å². The average Bonchev–Trinajstić information content (AvgIpc) is 2.54. The molecular formula is C16H28N2O4. The molecule has 1 N–H and O–H groups in total. The van der Waals surface area contributed by atoms with Crippen molar-refractivity contribution >= 4 is 11.9 Å². The summed E-state index contributed by atoms with van der Waals surface area (Å²) in [6.07, 6.45) is 3.31. The van der Waals surface area contributed by atoms with Crippen LogP contribution in [0.1, 0.15) is 32.6 Å². The third-order valence-corrected chi connectivity index (χ3v) is 4.88. The van der Waals surface area contributed by atoms with Crippen LogP contribution in [0.4, 0.5) is 0 Å². The highest BCUT2D eigenvalue weighted by Gasteiger charge is 2.27. The molecule has 0 atom stereocenters. The monoisotopic (exact) mass is 312 g/mol. The minimum absolute atomic E-state index is 0.0436. The molecule has 0 aromatic carbocycles. The Hall–Kier alpha value is -1.14. The summed E-state index contributed by atoms with van der Waals surface area (Å²) in [5, 5.41) is 9.00. The molecule has 0 spiro atoms. The highest BCUT2D eigenvalue weighted by atomic mass is 16.5. The first-order valence-corrected chi connectivity index (χ1v) is 8.44. The van der Waals surface area contributed by atoms with Gasteiger partial charge in [0.25, 0.3) is 0 Å². The number of esters is 1. The molecule has 0 amide bonds. The van der Waals surface area contributed by atoms with Gasteiger partial charge in [0, 0.05) is 13.1 Å². The fraction of sp³-hybridized carbons (Fsp3) is 0.875. The molecule has 2 heterocycles. The van der Waals surface area contributed by atoms with Crippen molar-refractivity contribution in [3.63, 3.8) is 0 Å². The highest BCUT2D eigenvalue weighted by Crippen LogP contribution is 2.20. The van der Waals surface area contributed by atoms with Crippen LogP contribution >= 0.6 is 0 Å². The maximum atomic E-state index is 11.7. The summed E-state index contributed by atoms with van der Waals surface area (Å²) >= 11 is 0. The second kappa shape index (κ2) is 8.48. The van der Waals surface area contributed by atoms with E-state index in [4.69, 9.17) is 9.84 Å². The van der Waals surface area contributed by atoms with Crippen LogP contribution in [0.25, 0.3) is 0 Å². The quantitative estimate of drug-likeness (QED) is 0.740. The Labute approximate surface area is 132 Å². The number of carbonyl (C=O) groups is 2. The zero-order valence-electron chi connectivity index (χ0n) is 13.5. The molecule has 22 heavy (non-hydrogen) atoms. The van der Waals surface area contributed by atoms with Crippen LogP contribution in [0.5, 0.6) is 0 Å². The summed E-state index contributed by atoms with van der Waals surface area (Å²) in [4.78, 5) is 27.4. The van der Waals surface area contributed by atoms with E-state index in [0.717, 1.165) is 65.0 Å². The molecule has 0 bridgehead atoms. The number of ether oxygens (including phenoxy) is 1. The zero-order chi connectivity index (χ0) is 15.9. The Morgan fingerprint density at radius 1 is 0.955 bits per heavy atom. The fourth-order valence-corrected chi connectivity index (χ4v) is 3.34. The number of rotatable bonds is 6. The first-order chi connectivity index (χ1) is 10.6. The molecule has 2 fully saturated rings.